The maximum atomic E-state index is 14.0. The average Bonchev–Trinajstić information content (AvgIpc) is 2.48. The van der Waals surface area contributed by atoms with Crippen LogP contribution in [-0.2, 0) is 0 Å². The molecule has 2 rings (SSSR count). The fourth-order valence-electron chi connectivity index (χ4n) is 1.92. The van der Waals surface area contributed by atoms with Gasteiger partial charge >= 0.3 is 0 Å². The summed E-state index contributed by atoms with van der Waals surface area (Å²) in [5.74, 6) is -7.34. The number of ether oxygens (including phenoxy) is 2. The van der Waals surface area contributed by atoms with Crippen LogP contribution in [0.25, 0.3) is 0 Å². The maximum absolute atomic E-state index is 14.0. The lowest BCUT2D eigenvalue weighted by Crippen LogP contribution is -2.36. The normalized spacial score (nSPS) is 10.5. The highest BCUT2D eigenvalue weighted by molar-refractivity contribution is 6.68. The first-order valence-electron chi connectivity index (χ1n) is 5.99. The summed E-state index contributed by atoms with van der Waals surface area (Å²) < 4.78 is 77.8. The third-order valence-electron chi connectivity index (χ3n) is 2.96. The molecule has 115 valence electrons. The van der Waals surface area contributed by atoms with Crippen molar-refractivity contribution in [2.75, 3.05) is 14.2 Å². The van der Waals surface area contributed by atoms with Gasteiger partial charge in [-0.1, -0.05) is 0 Å². The number of benzene rings is 2. The van der Waals surface area contributed by atoms with Crippen LogP contribution in [-0.4, -0.2) is 21.5 Å². The quantitative estimate of drug-likeness (QED) is 0.488. The fourth-order valence-corrected chi connectivity index (χ4v) is 1.92. The third-order valence-corrected chi connectivity index (χ3v) is 2.96. The van der Waals surface area contributed by atoms with Gasteiger partial charge in [-0.25, -0.2) is 22.0 Å². The highest BCUT2D eigenvalue weighted by Gasteiger charge is 2.24. The van der Waals surface area contributed by atoms with Crippen LogP contribution < -0.4 is 20.4 Å². The van der Waals surface area contributed by atoms with Gasteiger partial charge in [-0.3, -0.25) is 0 Å². The number of rotatable bonds is 4. The molecule has 0 atom stereocenters. The van der Waals surface area contributed by atoms with E-state index in [4.69, 9.17) is 0 Å². The molecule has 2 aromatic rings. The Morgan fingerprint density at radius 2 is 1.45 bits per heavy atom. The van der Waals surface area contributed by atoms with Crippen molar-refractivity contribution in [3.63, 3.8) is 0 Å². The van der Waals surface area contributed by atoms with E-state index in [1.807, 2.05) is 0 Å². The van der Waals surface area contributed by atoms with E-state index in [1.165, 1.54) is 0 Å². The molecule has 2 nitrogen and oxygen atoms in total. The first-order valence-corrected chi connectivity index (χ1v) is 5.99. The molecule has 22 heavy (non-hydrogen) atoms. The second kappa shape index (κ2) is 6.25. The largest absolute Gasteiger partial charge is 0.494 e. The van der Waals surface area contributed by atoms with Gasteiger partial charge in [0, 0.05) is 11.5 Å². The van der Waals surface area contributed by atoms with E-state index >= 15 is 0 Å². The van der Waals surface area contributed by atoms with Crippen LogP contribution >= 0.6 is 0 Å². The smallest absolute Gasteiger partial charge is 0.208 e. The van der Waals surface area contributed by atoms with E-state index in [-0.39, 0.29) is 11.8 Å². The zero-order valence-electron chi connectivity index (χ0n) is 11.5. The Labute approximate surface area is 123 Å². The van der Waals surface area contributed by atoms with Crippen molar-refractivity contribution >= 4 is 18.2 Å². The number of hydrogen-bond acceptors (Lipinski definition) is 2. The summed E-state index contributed by atoms with van der Waals surface area (Å²) in [7, 11) is 2.79. The summed E-state index contributed by atoms with van der Waals surface area (Å²) in [4.78, 5) is 0. The maximum Gasteiger partial charge on any atom is 0.208 e. The third kappa shape index (κ3) is 2.73. The van der Waals surface area contributed by atoms with Crippen molar-refractivity contribution in [2.24, 2.45) is 0 Å². The van der Waals surface area contributed by atoms with Crippen molar-refractivity contribution < 1.29 is 31.4 Å². The topological polar surface area (TPSA) is 18.5 Å². The van der Waals surface area contributed by atoms with E-state index in [2.05, 4.69) is 9.47 Å². The van der Waals surface area contributed by atoms with E-state index < -0.39 is 45.8 Å². The van der Waals surface area contributed by atoms with Gasteiger partial charge in [0.15, 0.2) is 34.8 Å². The summed E-state index contributed by atoms with van der Waals surface area (Å²) in [6.07, 6.45) is 0. The van der Waals surface area contributed by atoms with Crippen LogP contribution in [0.5, 0.6) is 11.5 Å². The molecule has 0 aliphatic heterocycles. The molecule has 0 fully saturated rings. The molecule has 0 aromatic heterocycles. The van der Waals surface area contributed by atoms with Crippen molar-refractivity contribution in [3.8, 4) is 11.5 Å². The van der Waals surface area contributed by atoms with Crippen LogP contribution in [0.4, 0.5) is 22.0 Å². The lowest BCUT2D eigenvalue weighted by atomic mass is 9.62. The molecule has 0 N–H and O–H groups in total. The van der Waals surface area contributed by atoms with Crippen LogP contribution in [0.1, 0.15) is 0 Å². The summed E-state index contributed by atoms with van der Waals surface area (Å²) in [5, 5.41) is 0. The molecule has 0 saturated carbocycles. The molecule has 0 aliphatic carbocycles. The van der Waals surface area contributed by atoms with Gasteiger partial charge in [0.05, 0.1) is 14.2 Å². The van der Waals surface area contributed by atoms with E-state index in [0.717, 1.165) is 26.4 Å². The summed E-state index contributed by atoms with van der Waals surface area (Å²) in [5.41, 5.74) is -1.45. The Morgan fingerprint density at radius 1 is 0.773 bits per heavy atom. The first-order chi connectivity index (χ1) is 10.4. The molecule has 0 aliphatic rings. The minimum Gasteiger partial charge on any atom is -0.494 e. The molecule has 0 heterocycles. The molecule has 2 aromatic carbocycles. The lowest BCUT2D eigenvalue weighted by molar-refractivity contribution is 0.381. The Balaban J connectivity index is 2.61. The molecule has 0 saturated heterocycles. The molecular weight excluding hydrogens is 306 g/mol. The molecule has 0 spiro atoms. The summed E-state index contributed by atoms with van der Waals surface area (Å²) in [6.45, 7) is 0. The Hall–Kier alpha value is -2.25. The molecular formula is C14H9BF5O2. The Bertz CT molecular complexity index is 721. The summed E-state index contributed by atoms with van der Waals surface area (Å²) in [6, 6.07) is 2.19. The fraction of sp³-hybridized carbons (Fsp3) is 0.143. The van der Waals surface area contributed by atoms with Crippen molar-refractivity contribution in [3.05, 3.63) is 47.3 Å². The van der Waals surface area contributed by atoms with Gasteiger partial charge in [-0.05, 0) is 17.6 Å². The van der Waals surface area contributed by atoms with Gasteiger partial charge in [0.2, 0.25) is 7.28 Å². The Morgan fingerprint density at radius 3 is 2.05 bits per heavy atom. The minimum atomic E-state index is -1.51. The van der Waals surface area contributed by atoms with Gasteiger partial charge < -0.3 is 9.47 Å². The number of methoxy groups -OCH3 is 2. The van der Waals surface area contributed by atoms with Crippen LogP contribution in [0, 0.1) is 29.1 Å². The average molecular weight is 315 g/mol. The molecule has 0 unspecified atom stereocenters. The second-order valence-corrected chi connectivity index (χ2v) is 4.22. The van der Waals surface area contributed by atoms with E-state index in [9.17, 15) is 22.0 Å². The molecule has 8 heteroatoms. The zero-order chi connectivity index (χ0) is 16.4. The first kappa shape index (κ1) is 16.1. The van der Waals surface area contributed by atoms with Crippen LogP contribution in [0.15, 0.2) is 18.2 Å². The number of hydrogen-bond donors (Lipinski definition) is 0. The summed E-state index contributed by atoms with van der Waals surface area (Å²) >= 11 is 0. The lowest BCUT2D eigenvalue weighted by Gasteiger charge is -2.13. The van der Waals surface area contributed by atoms with E-state index in [1.54, 1.807) is 0 Å². The predicted molar refractivity (Wildman–Crippen MR) is 70.8 cm³/mol. The second-order valence-electron chi connectivity index (χ2n) is 4.22. The highest BCUT2D eigenvalue weighted by atomic mass is 19.2. The molecule has 0 bridgehead atoms. The SMILES string of the molecule is COc1ccc(F)c([B]c2c(F)c(F)cc(F)c2OC)c1F. The van der Waals surface area contributed by atoms with Gasteiger partial charge in [-0.2, -0.15) is 0 Å². The Kier molecular flexibility index (Phi) is 4.58. The predicted octanol–water partition coefficient (Wildman–Crippen LogP) is 2.05. The molecule has 1 radical (unpaired) electrons. The van der Waals surface area contributed by atoms with Gasteiger partial charge in [0.1, 0.15) is 5.82 Å². The monoisotopic (exact) mass is 315 g/mol. The standard InChI is InChI=1S/C14H9BF5O2/c1-21-9-4-3-6(16)10(13(9)20)15-11-12(19)7(17)5-8(18)14(11)22-2/h3-5H,1-2H3. The van der Waals surface area contributed by atoms with Crippen LogP contribution in [0.3, 0.4) is 0 Å². The highest BCUT2D eigenvalue weighted by Crippen LogP contribution is 2.19. The molecule has 0 amide bonds. The zero-order valence-corrected chi connectivity index (χ0v) is 11.5. The number of halogens is 5. The minimum absolute atomic E-state index is 0.282. The van der Waals surface area contributed by atoms with Crippen molar-refractivity contribution in [2.45, 2.75) is 0 Å². The van der Waals surface area contributed by atoms with Crippen molar-refractivity contribution in [1.29, 1.82) is 0 Å². The van der Waals surface area contributed by atoms with E-state index in [0.29, 0.717) is 7.28 Å². The van der Waals surface area contributed by atoms with Crippen molar-refractivity contribution in [1.82, 2.24) is 0 Å². The van der Waals surface area contributed by atoms with Gasteiger partial charge in [0.25, 0.3) is 0 Å². The van der Waals surface area contributed by atoms with Crippen LogP contribution in [0.2, 0.25) is 0 Å². The van der Waals surface area contributed by atoms with Gasteiger partial charge in [-0.15, -0.1) is 0 Å².